The van der Waals surface area contributed by atoms with Gasteiger partial charge in [-0.25, -0.2) is 14.3 Å². The van der Waals surface area contributed by atoms with Crippen LogP contribution in [0, 0.1) is 6.92 Å². The van der Waals surface area contributed by atoms with Gasteiger partial charge < -0.3 is 10.1 Å². The minimum atomic E-state index is -0.811. The van der Waals surface area contributed by atoms with Gasteiger partial charge in [0.1, 0.15) is 0 Å². The maximum absolute atomic E-state index is 12.0. The van der Waals surface area contributed by atoms with E-state index in [1.54, 1.807) is 37.4 Å². The Morgan fingerprint density at radius 1 is 1.27 bits per heavy atom. The maximum Gasteiger partial charge on any atom is 0.378 e. The average Bonchev–Trinajstić information content (AvgIpc) is 3.05. The van der Waals surface area contributed by atoms with E-state index in [9.17, 15) is 9.59 Å². The van der Waals surface area contributed by atoms with Gasteiger partial charge in [0.15, 0.2) is 6.61 Å². The Bertz CT molecular complexity index is 989. The Morgan fingerprint density at radius 2 is 2.08 bits per heavy atom. The van der Waals surface area contributed by atoms with Crippen LogP contribution in [-0.2, 0) is 16.1 Å². The fraction of sp³-hybridized carbons (Fsp3) is 0.188. The molecular weight excluding hydrogens is 381 g/mol. The number of benzene rings is 1. The molecule has 0 unspecified atom stereocenters. The summed E-state index contributed by atoms with van der Waals surface area (Å²) in [6.07, 6.45) is 1.56. The first kappa shape index (κ1) is 18.1. The third kappa shape index (κ3) is 4.09. The van der Waals surface area contributed by atoms with Gasteiger partial charge in [0, 0.05) is 28.5 Å². The SMILES string of the molecule is Cc1ccnc2nc(C(=O)OCC(=O)NCc3ccc(Cl)cc3Cl)nn12. The molecule has 0 fully saturated rings. The summed E-state index contributed by atoms with van der Waals surface area (Å²) in [6, 6.07) is 6.68. The first-order valence-corrected chi connectivity index (χ1v) is 8.26. The Balaban J connectivity index is 1.55. The first-order chi connectivity index (χ1) is 12.4. The zero-order valence-corrected chi connectivity index (χ0v) is 15.1. The van der Waals surface area contributed by atoms with Crippen molar-refractivity contribution >= 4 is 40.9 Å². The normalized spacial score (nSPS) is 10.7. The zero-order valence-electron chi connectivity index (χ0n) is 13.6. The van der Waals surface area contributed by atoms with Crippen molar-refractivity contribution in [3.63, 3.8) is 0 Å². The van der Waals surface area contributed by atoms with Crippen molar-refractivity contribution in [3.05, 3.63) is 57.6 Å². The number of carbonyl (C=O) groups excluding carboxylic acids is 2. The standard InChI is InChI=1S/C16H13Cl2N5O3/c1-9-4-5-19-16-21-14(22-23(9)16)15(25)26-8-13(24)20-7-10-2-3-11(17)6-12(10)18/h2-6H,7-8H2,1H3,(H,20,24). The van der Waals surface area contributed by atoms with E-state index in [2.05, 4.69) is 20.4 Å². The molecule has 0 saturated heterocycles. The van der Waals surface area contributed by atoms with Gasteiger partial charge in [0.2, 0.25) is 0 Å². The third-order valence-electron chi connectivity index (χ3n) is 3.44. The van der Waals surface area contributed by atoms with Crippen LogP contribution >= 0.6 is 23.2 Å². The lowest BCUT2D eigenvalue weighted by atomic mass is 10.2. The Hall–Kier alpha value is -2.71. The third-order valence-corrected chi connectivity index (χ3v) is 4.02. The number of aryl methyl sites for hydroxylation is 1. The molecule has 0 saturated carbocycles. The minimum Gasteiger partial charge on any atom is -0.450 e. The van der Waals surface area contributed by atoms with Crippen molar-refractivity contribution in [1.29, 1.82) is 0 Å². The molecule has 1 N–H and O–H groups in total. The number of rotatable bonds is 5. The highest BCUT2D eigenvalue weighted by Gasteiger charge is 2.17. The molecule has 0 atom stereocenters. The van der Waals surface area contributed by atoms with Crippen LogP contribution in [0.3, 0.4) is 0 Å². The van der Waals surface area contributed by atoms with Gasteiger partial charge in [0.05, 0.1) is 0 Å². The predicted octanol–water partition coefficient (Wildman–Crippen LogP) is 2.21. The summed E-state index contributed by atoms with van der Waals surface area (Å²) in [7, 11) is 0. The number of carbonyl (C=O) groups is 2. The summed E-state index contributed by atoms with van der Waals surface area (Å²) in [5.74, 6) is -1.18. The lowest BCUT2D eigenvalue weighted by Crippen LogP contribution is -2.28. The largest absolute Gasteiger partial charge is 0.450 e. The van der Waals surface area contributed by atoms with Gasteiger partial charge in [-0.1, -0.05) is 29.3 Å². The van der Waals surface area contributed by atoms with Gasteiger partial charge >= 0.3 is 5.97 Å². The molecular formula is C16H13Cl2N5O3. The van der Waals surface area contributed by atoms with Crippen molar-refractivity contribution in [2.24, 2.45) is 0 Å². The molecule has 0 spiro atoms. The number of aromatic nitrogens is 4. The smallest absolute Gasteiger partial charge is 0.378 e. The zero-order chi connectivity index (χ0) is 18.7. The van der Waals surface area contributed by atoms with Gasteiger partial charge in [-0.2, -0.15) is 4.98 Å². The number of ether oxygens (including phenoxy) is 1. The number of hydrogen-bond acceptors (Lipinski definition) is 6. The molecule has 0 aliphatic rings. The van der Waals surface area contributed by atoms with E-state index in [4.69, 9.17) is 27.9 Å². The number of amides is 1. The van der Waals surface area contributed by atoms with Crippen molar-refractivity contribution in [2.45, 2.75) is 13.5 Å². The molecule has 8 nitrogen and oxygen atoms in total. The molecule has 26 heavy (non-hydrogen) atoms. The number of halogens is 2. The lowest BCUT2D eigenvalue weighted by molar-refractivity contribution is -0.124. The molecule has 0 aliphatic carbocycles. The van der Waals surface area contributed by atoms with Crippen LogP contribution in [0.2, 0.25) is 10.0 Å². The summed E-state index contributed by atoms with van der Waals surface area (Å²) >= 11 is 11.8. The summed E-state index contributed by atoms with van der Waals surface area (Å²) < 4.78 is 6.34. The molecule has 3 aromatic rings. The van der Waals surface area contributed by atoms with Crippen LogP contribution in [0.25, 0.3) is 5.78 Å². The van der Waals surface area contributed by atoms with E-state index >= 15 is 0 Å². The number of nitrogens with zero attached hydrogens (tertiary/aromatic N) is 4. The highest BCUT2D eigenvalue weighted by molar-refractivity contribution is 6.35. The Morgan fingerprint density at radius 3 is 2.81 bits per heavy atom. The topological polar surface area (TPSA) is 98.5 Å². The molecule has 10 heteroatoms. The van der Waals surface area contributed by atoms with Crippen LogP contribution in [0.5, 0.6) is 0 Å². The molecule has 2 aromatic heterocycles. The van der Waals surface area contributed by atoms with Gasteiger partial charge in [-0.15, -0.1) is 5.10 Å². The van der Waals surface area contributed by atoms with Gasteiger partial charge in [-0.3, -0.25) is 4.79 Å². The van der Waals surface area contributed by atoms with Gasteiger partial charge in [0.25, 0.3) is 17.5 Å². The summed E-state index contributed by atoms with van der Waals surface area (Å²) in [5.41, 5.74) is 1.46. The van der Waals surface area contributed by atoms with Crippen molar-refractivity contribution in [1.82, 2.24) is 24.9 Å². The molecule has 0 radical (unpaired) electrons. The van der Waals surface area contributed by atoms with E-state index < -0.39 is 18.5 Å². The van der Waals surface area contributed by atoms with E-state index in [-0.39, 0.29) is 18.1 Å². The molecule has 0 aliphatic heterocycles. The summed E-state index contributed by atoms with van der Waals surface area (Å²) in [5, 5.41) is 7.55. The second-order valence-electron chi connectivity index (χ2n) is 5.32. The fourth-order valence-electron chi connectivity index (χ4n) is 2.10. The van der Waals surface area contributed by atoms with E-state index in [0.29, 0.717) is 15.6 Å². The summed E-state index contributed by atoms with van der Waals surface area (Å²) in [4.78, 5) is 31.8. The maximum atomic E-state index is 12.0. The van der Waals surface area contributed by atoms with E-state index in [0.717, 1.165) is 5.69 Å². The van der Waals surface area contributed by atoms with E-state index in [1.165, 1.54) is 4.52 Å². The molecule has 1 amide bonds. The molecule has 134 valence electrons. The molecule has 2 heterocycles. The minimum absolute atomic E-state index is 0.166. The van der Waals surface area contributed by atoms with Crippen molar-refractivity contribution in [2.75, 3.05) is 6.61 Å². The van der Waals surface area contributed by atoms with Crippen LogP contribution in [0.4, 0.5) is 0 Å². The van der Waals surface area contributed by atoms with Crippen LogP contribution < -0.4 is 5.32 Å². The van der Waals surface area contributed by atoms with Gasteiger partial charge in [-0.05, 0) is 30.7 Å². The van der Waals surface area contributed by atoms with Crippen molar-refractivity contribution < 1.29 is 14.3 Å². The number of nitrogens with one attached hydrogen (secondary N) is 1. The lowest BCUT2D eigenvalue weighted by Gasteiger charge is -2.07. The monoisotopic (exact) mass is 393 g/mol. The van der Waals surface area contributed by atoms with Crippen LogP contribution in [0.1, 0.15) is 21.9 Å². The second-order valence-corrected chi connectivity index (χ2v) is 6.17. The van der Waals surface area contributed by atoms with Crippen molar-refractivity contribution in [3.8, 4) is 0 Å². The Labute approximate surface area is 158 Å². The number of fused-ring (bicyclic) bond motifs is 1. The van der Waals surface area contributed by atoms with E-state index in [1.807, 2.05) is 0 Å². The van der Waals surface area contributed by atoms with Crippen LogP contribution in [-0.4, -0.2) is 38.1 Å². The predicted molar refractivity (Wildman–Crippen MR) is 94.1 cm³/mol. The first-order valence-electron chi connectivity index (χ1n) is 7.50. The highest BCUT2D eigenvalue weighted by Crippen LogP contribution is 2.20. The molecule has 1 aromatic carbocycles. The van der Waals surface area contributed by atoms with Crippen LogP contribution in [0.15, 0.2) is 30.5 Å². The quantitative estimate of drug-likeness (QED) is 0.667. The second kappa shape index (κ2) is 7.67. The number of esters is 1. The molecule has 3 rings (SSSR count). The number of hydrogen-bond donors (Lipinski definition) is 1. The average molecular weight is 394 g/mol. The molecule has 0 bridgehead atoms. The summed E-state index contributed by atoms with van der Waals surface area (Å²) in [6.45, 7) is 1.52. The highest BCUT2D eigenvalue weighted by atomic mass is 35.5. The Kier molecular flexibility index (Phi) is 5.34. The fourth-order valence-corrected chi connectivity index (χ4v) is 2.57.